The van der Waals surface area contributed by atoms with E-state index in [-0.39, 0.29) is 30.2 Å². The summed E-state index contributed by atoms with van der Waals surface area (Å²) in [4.78, 5) is 26.6. The van der Waals surface area contributed by atoms with Gasteiger partial charge in [-0.3, -0.25) is 9.59 Å². The van der Waals surface area contributed by atoms with Crippen molar-refractivity contribution in [3.05, 3.63) is 24.3 Å². The molecule has 5 nitrogen and oxygen atoms in total. The van der Waals surface area contributed by atoms with Crippen molar-refractivity contribution < 1.29 is 14.3 Å². The van der Waals surface area contributed by atoms with E-state index in [2.05, 4.69) is 12.2 Å². The Hall–Kier alpha value is -2.04. The van der Waals surface area contributed by atoms with E-state index >= 15 is 0 Å². The predicted molar refractivity (Wildman–Crippen MR) is 93.0 cm³/mol. The van der Waals surface area contributed by atoms with Crippen LogP contribution in [-0.2, 0) is 9.59 Å². The quantitative estimate of drug-likeness (QED) is 0.923. The van der Waals surface area contributed by atoms with Crippen molar-refractivity contribution in [2.24, 2.45) is 11.8 Å². The Kier molecular flexibility index (Phi) is 5.07. The second-order valence-electron chi connectivity index (χ2n) is 7.04. The normalized spacial score (nSPS) is 27.2. The molecule has 5 heteroatoms. The Morgan fingerprint density at radius 1 is 1.21 bits per heavy atom. The van der Waals surface area contributed by atoms with E-state index in [0.29, 0.717) is 12.3 Å². The van der Waals surface area contributed by atoms with Crippen LogP contribution in [0.1, 0.15) is 39.0 Å². The molecular weight excluding hydrogens is 304 g/mol. The monoisotopic (exact) mass is 330 g/mol. The van der Waals surface area contributed by atoms with Gasteiger partial charge in [0.2, 0.25) is 11.8 Å². The molecule has 1 aromatic rings. The first-order valence-electron chi connectivity index (χ1n) is 8.82. The lowest BCUT2D eigenvalue weighted by Crippen LogP contribution is -2.41. The number of anilines is 1. The number of para-hydroxylation sites is 2. The van der Waals surface area contributed by atoms with Gasteiger partial charge in [0.15, 0.2) is 0 Å². The molecule has 1 N–H and O–H groups in total. The lowest BCUT2D eigenvalue weighted by molar-refractivity contribution is -0.127. The predicted octanol–water partition coefficient (Wildman–Crippen LogP) is 2.74. The molecule has 1 aromatic carbocycles. The fraction of sp³-hybridized carbons (Fsp3) is 0.579. The molecule has 0 unspecified atom stereocenters. The number of rotatable bonds is 4. The number of nitrogens with one attached hydrogen (secondary N) is 1. The molecule has 0 aromatic heterocycles. The third-order valence-corrected chi connectivity index (χ3v) is 5.23. The molecule has 0 spiro atoms. The van der Waals surface area contributed by atoms with Crippen LogP contribution in [0.5, 0.6) is 5.75 Å². The first kappa shape index (κ1) is 16.8. The maximum absolute atomic E-state index is 12.6. The number of carbonyl (C=O) groups excluding carboxylic acids is 2. The van der Waals surface area contributed by atoms with Gasteiger partial charge in [-0.1, -0.05) is 19.1 Å². The van der Waals surface area contributed by atoms with Gasteiger partial charge >= 0.3 is 0 Å². The largest absolute Gasteiger partial charge is 0.495 e. The van der Waals surface area contributed by atoms with Crippen LogP contribution in [0.4, 0.5) is 5.69 Å². The molecule has 1 aliphatic carbocycles. The molecule has 1 saturated heterocycles. The van der Waals surface area contributed by atoms with Crippen molar-refractivity contribution in [1.82, 2.24) is 5.32 Å². The number of hydrogen-bond donors (Lipinski definition) is 1. The minimum Gasteiger partial charge on any atom is -0.495 e. The number of amides is 2. The average Bonchev–Trinajstić information content (AvgIpc) is 2.98. The molecule has 0 radical (unpaired) electrons. The maximum Gasteiger partial charge on any atom is 0.227 e. The molecule has 0 bridgehead atoms. The van der Waals surface area contributed by atoms with Crippen LogP contribution in [0.3, 0.4) is 0 Å². The van der Waals surface area contributed by atoms with Crippen LogP contribution < -0.4 is 15.0 Å². The van der Waals surface area contributed by atoms with Gasteiger partial charge in [-0.05, 0) is 43.7 Å². The van der Waals surface area contributed by atoms with Crippen molar-refractivity contribution in [2.45, 2.75) is 45.1 Å². The van der Waals surface area contributed by atoms with Gasteiger partial charge in [-0.25, -0.2) is 0 Å². The summed E-state index contributed by atoms with van der Waals surface area (Å²) in [5, 5.41) is 3.15. The fourth-order valence-corrected chi connectivity index (χ4v) is 3.69. The smallest absolute Gasteiger partial charge is 0.227 e. The molecule has 1 heterocycles. The molecule has 3 rings (SSSR count). The fourth-order valence-electron chi connectivity index (χ4n) is 3.69. The van der Waals surface area contributed by atoms with E-state index < -0.39 is 0 Å². The zero-order chi connectivity index (χ0) is 17.1. The van der Waals surface area contributed by atoms with Crippen molar-refractivity contribution in [3.8, 4) is 5.75 Å². The van der Waals surface area contributed by atoms with E-state index in [1.165, 1.54) is 12.8 Å². The number of hydrogen-bond acceptors (Lipinski definition) is 3. The van der Waals surface area contributed by atoms with Crippen molar-refractivity contribution in [3.63, 3.8) is 0 Å². The summed E-state index contributed by atoms with van der Waals surface area (Å²) in [5.74, 6) is 1.14. The summed E-state index contributed by atoms with van der Waals surface area (Å²) in [6.45, 7) is 2.69. The molecule has 1 saturated carbocycles. The van der Waals surface area contributed by atoms with E-state index in [1.54, 1.807) is 12.0 Å². The standard InChI is InChI=1S/C19H26N2O3/c1-13-7-9-15(10-8-13)20-19(23)14-11-18(22)21(12-14)16-5-3-4-6-17(16)24-2/h3-6,13-15H,7-12H2,1-2H3,(H,20,23)/t13?,14-,15?/m0/s1. The Morgan fingerprint density at radius 3 is 2.62 bits per heavy atom. The average molecular weight is 330 g/mol. The molecule has 2 aliphatic rings. The van der Waals surface area contributed by atoms with Gasteiger partial charge in [-0.15, -0.1) is 0 Å². The first-order valence-corrected chi connectivity index (χ1v) is 8.82. The van der Waals surface area contributed by atoms with E-state index in [4.69, 9.17) is 4.74 Å². The SMILES string of the molecule is COc1ccccc1N1C[C@@H](C(=O)NC2CCC(C)CC2)CC1=O. The summed E-state index contributed by atoms with van der Waals surface area (Å²) in [5.41, 5.74) is 0.742. The van der Waals surface area contributed by atoms with Crippen LogP contribution in [-0.4, -0.2) is 31.5 Å². The molecule has 2 amide bonds. The van der Waals surface area contributed by atoms with Crippen molar-refractivity contribution >= 4 is 17.5 Å². The molecule has 1 aliphatic heterocycles. The third-order valence-electron chi connectivity index (χ3n) is 5.23. The van der Waals surface area contributed by atoms with Crippen LogP contribution in [0.2, 0.25) is 0 Å². The Morgan fingerprint density at radius 2 is 1.92 bits per heavy atom. The number of ether oxygens (including phenoxy) is 1. The van der Waals surface area contributed by atoms with Crippen LogP contribution in [0.15, 0.2) is 24.3 Å². The topological polar surface area (TPSA) is 58.6 Å². The summed E-state index contributed by atoms with van der Waals surface area (Å²) in [6, 6.07) is 7.71. The second-order valence-corrected chi connectivity index (χ2v) is 7.04. The van der Waals surface area contributed by atoms with Gasteiger partial charge in [0.25, 0.3) is 0 Å². The van der Waals surface area contributed by atoms with Gasteiger partial charge in [0, 0.05) is 19.0 Å². The van der Waals surface area contributed by atoms with E-state index in [0.717, 1.165) is 24.4 Å². The molecule has 2 fully saturated rings. The number of nitrogens with zero attached hydrogens (tertiary/aromatic N) is 1. The van der Waals surface area contributed by atoms with Gasteiger partial charge in [0.1, 0.15) is 5.75 Å². The lowest BCUT2D eigenvalue weighted by atomic mass is 9.87. The Labute approximate surface area is 143 Å². The van der Waals surface area contributed by atoms with E-state index in [1.807, 2.05) is 24.3 Å². The minimum atomic E-state index is -0.276. The summed E-state index contributed by atoms with van der Waals surface area (Å²) < 4.78 is 5.34. The zero-order valence-electron chi connectivity index (χ0n) is 14.5. The van der Waals surface area contributed by atoms with Crippen LogP contribution in [0, 0.1) is 11.8 Å². The summed E-state index contributed by atoms with van der Waals surface area (Å²) in [7, 11) is 1.59. The Bertz CT molecular complexity index is 608. The second kappa shape index (κ2) is 7.24. The first-order chi connectivity index (χ1) is 11.6. The number of methoxy groups -OCH3 is 1. The van der Waals surface area contributed by atoms with E-state index in [9.17, 15) is 9.59 Å². The molecule has 130 valence electrons. The summed E-state index contributed by atoms with van der Waals surface area (Å²) in [6.07, 6.45) is 4.70. The highest BCUT2D eigenvalue weighted by molar-refractivity contribution is 6.01. The van der Waals surface area contributed by atoms with Crippen LogP contribution >= 0.6 is 0 Å². The van der Waals surface area contributed by atoms with Gasteiger partial charge in [-0.2, -0.15) is 0 Å². The van der Waals surface area contributed by atoms with Crippen molar-refractivity contribution in [2.75, 3.05) is 18.6 Å². The highest BCUT2D eigenvalue weighted by atomic mass is 16.5. The van der Waals surface area contributed by atoms with Gasteiger partial charge in [0.05, 0.1) is 18.7 Å². The lowest BCUT2D eigenvalue weighted by Gasteiger charge is -2.27. The summed E-state index contributed by atoms with van der Waals surface area (Å²) >= 11 is 0. The zero-order valence-corrected chi connectivity index (χ0v) is 14.5. The Balaban J connectivity index is 1.63. The highest BCUT2D eigenvalue weighted by Gasteiger charge is 2.37. The molecule has 24 heavy (non-hydrogen) atoms. The highest BCUT2D eigenvalue weighted by Crippen LogP contribution is 2.33. The minimum absolute atomic E-state index is 0.0142. The number of benzene rings is 1. The third kappa shape index (κ3) is 3.55. The van der Waals surface area contributed by atoms with Crippen LogP contribution in [0.25, 0.3) is 0 Å². The molecule has 1 atom stereocenters. The van der Waals surface area contributed by atoms with Crippen molar-refractivity contribution in [1.29, 1.82) is 0 Å². The maximum atomic E-state index is 12.6. The number of carbonyl (C=O) groups is 2. The van der Waals surface area contributed by atoms with Gasteiger partial charge < -0.3 is 15.0 Å². The molecular formula is C19H26N2O3.